The van der Waals surface area contributed by atoms with Gasteiger partial charge in [0.1, 0.15) is 0 Å². The van der Waals surface area contributed by atoms with E-state index in [4.69, 9.17) is 0 Å². The summed E-state index contributed by atoms with van der Waals surface area (Å²) in [7, 11) is 3.42. The summed E-state index contributed by atoms with van der Waals surface area (Å²) in [5.74, 6) is 5.62. The van der Waals surface area contributed by atoms with Crippen LogP contribution in [0.5, 0.6) is 0 Å². The summed E-state index contributed by atoms with van der Waals surface area (Å²) in [6.45, 7) is 2.41. The van der Waals surface area contributed by atoms with Gasteiger partial charge in [-0.1, -0.05) is 0 Å². The minimum absolute atomic E-state index is 0.0668. The third-order valence-corrected chi connectivity index (χ3v) is 1.11. The molecule has 0 atom stereocenters. The first-order chi connectivity index (χ1) is 5.18. The molecule has 0 spiro atoms. The van der Waals surface area contributed by atoms with Crippen molar-refractivity contribution in [3.05, 3.63) is 0 Å². The van der Waals surface area contributed by atoms with Crippen LogP contribution in [0.1, 0.15) is 13.3 Å². The molecule has 3 heteroatoms. The summed E-state index contributed by atoms with van der Waals surface area (Å²) in [5.41, 5.74) is 0. The highest BCUT2D eigenvalue weighted by atomic mass is 16.2. The quantitative estimate of drug-likeness (QED) is 0.460. The highest BCUT2D eigenvalue weighted by Gasteiger charge is 1.98. The molecule has 3 nitrogen and oxygen atoms in total. The maximum absolute atomic E-state index is 10.9. The first-order valence-corrected chi connectivity index (χ1v) is 3.53. The van der Waals surface area contributed by atoms with Crippen LogP contribution >= 0.6 is 0 Å². The van der Waals surface area contributed by atoms with Crippen LogP contribution in [0.25, 0.3) is 0 Å². The molecule has 0 saturated carbocycles. The van der Waals surface area contributed by atoms with E-state index < -0.39 is 0 Å². The number of amides is 2. The third-order valence-electron chi connectivity index (χ3n) is 1.11. The number of nitrogens with zero attached hydrogens (tertiary/aromatic N) is 1. The highest BCUT2D eigenvalue weighted by Crippen LogP contribution is 1.77. The van der Waals surface area contributed by atoms with Crippen LogP contribution < -0.4 is 5.32 Å². The molecule has 1 N–H and O–H groups in total. The summed E-state index contributed by atoms with van der Waals surface area (Å²) in [4.78, 5) is 12.4. The van der Waals surface area contributed by atoms with Gasteiger partial charge in [0.2, 0.25) is 0 Å². The predicted molar refractivity (Wildman–Crippen MR) is 45.2 cm³/mol. The molecule has 62 valence electrons. The van der Waals surface area contributed by atoms with Crippen LogP contribution in [-0.2, 0) is 0 Å². The van der Waals surface area contributed by atoms with Gasteiger partial charge < -0.3 is 10.2 Å². The van der Waals surface area contributed by atoms with Crippen LogP contribution in [0.15, 0.2) is 0 Å². The number of hydrogen-bond donors (Lipinski definition) is 1. The molecule has 0 rings (SSSR count). The molecular formula is C8H14N2O. The average Bonchev–Trinajstić information content (AvgIpc) is 1.97. The molecule has 0 aromatic carbocycles. The molecule has 0 aliphatic heterocycles. The Morgan fingerprint density at radius 2 is 2.18 bits per heavy atom. The van der Waals surface area contributed by atoms with Crippen LogP contribution in [0.2, 0.25) is 0 Å². The Bertz CT molecular complexity index is 176. The number of rotatable bonds is 2. The van der Waals surface area contributed by atoms with E-state index in [1.165, 1.54) is 4.90 Å². The van der Waals surface area contributed by atoms with Gasteiger partial charge >= 0.3 is 6.03 Å². The lowest BCUT2D eigenvalue weighted by atomic mass is 10.4. The Labute approximate surface area is 67.8 Å². The molecule has 0 aromatic heterocycles. The van der Waals surface area contributed by atoms with E-state index in [0.717, 1.165) is 6.42 Å². The van der Waals surface area contributed by atoms with Gasteiger partial charge in [-0.3, -0.25) is 0 Å². The molecule has 0 aliphatic carbocycles. The normalized spacial score (nSPS) is 7.91. The van der Waals surface area contributed by atoms with Gasteiger partial charge in [-0.2, -0.15) is 0 Å². The highest BCUT2D eigenvalue weighted by molar-refractivity contribution is 5.73. The fourth-order valence-corrected chi connectivity index (χ4v) is 0.515. The fourth-order valence-electron chi connectivity index (χ4n) is 0.515. The fraction of sp³-hybridized carbons (Fsp3) is 0.625. The Morgan fingerprint density at radius 1 is 1.55 bits per heavy atom. The lowest BCUT2D eigenvalue weighted by Crippen LogP contribution is -2.34. The lowest BCUT2D eigenvalue weighted by Gasteiger charge is -2.10. The molecule has 0 unspecified atom stereocenters. The number of urea groups is 1. The van der Waals surface area contributed by atoms with Crippen molar-refractivity contribution in [3.63, 3.8) is 0 Å². The predicted octanol–water partition coefficient (Wildman–Crippen LogP) is 0.671. The molecule has 0 bridgehead atoms. The second-order valence-electron chi connectivity index (χ2n) is 2.30. The van der Waals surface area contributed by atoms with Crippen molar-refractivity contribution in [2.45, 2.75) is 13.3 Å². The first kappa shape index (κ1) is 9.83. The van der Waals surface area contributed by atoms with E-state index in [9.17, 15) is 4.79 Å². The summed E-state index contributed by atoms with van der Waals surface area (Å²) in [6.07, 6.45) is 0.718. The molecule has 0 saturated heterocycles. The zero-order valence-electron chi connectivity index (χ0n) is 7.27. The van der Waals surface area contributed by atoms with Crippen LogP contribution in [-0.4, -0.2) is 31.6 Å². The smallest absolute Gasteiger partial charge is 0.316 e. The maximum atomic E-state index is 10.9. The summed E-state index contributed by atoms with van der Waals surface area (Å²) in [5, 5.41) is 2.70. The maximum Gasteiger partial charge on any atom is 0.316 e. The summed E-state index contributed by atoms with van der Waals surface area (Å²) in [6, 6.07) is -0.0668. The molecule has 0 aliphatic rings. The van der Waals surface area contributed by atoms with Crippen LogP contribution in [0, 0.1) is 11.8 Å². The van der Waals surface area contributed by atoms with Gasteiger partial charge in [0.25, 0.3) is 0 Å². The van der Waals surface area contributed by atoms with Gasteiger partial charge in [-0.15, -0.1) is 11.8 Å². The van der Waals surface area contributed by atoms with Crippen molar-refractivity contribution in [1.82, 2.24) is 10.2 Å². The van der Waals surface area contributed by atoms with Crippen molar-refractivity contribution in [2.75, 3.05) is 20.6 Å². The average molecular weight is 154 g/mol. The van der Waals surface area contributed by atoms with Crippen molar-refractivity contribution in [1.29, 1.82) is 0 Å². The number of hydrogen-bond acceptors (Lipinski definition) is 1. The second kappa shape index (κ2) is 5.60. The number of nitrogens with one attached hydrogen (secondary N) is 1. The Balaban J connectivity index is 3.37. The van der Waals surface area contributed by atoms with Gasteiger partial charge in [0.15, 0.2) is 0 Å². The van der Waals surface area contributed by atoms with Gasteiger partial charge in [-0.25, -0.2) is 4.79 Å². The SMILES string of the molecule is CC#CCCNC(=O)N(C)C. The van der Waals surface area contributed by atoms with E-state index in [1.807, 2.05) is 0 Å². The number of carbonyl (C=O) groups excluding carboxylic acids is 1. The Kier molecular flexibility index (Phi) is 5.01. The molecular weight excluding hydrogens is 140 g/mol. The van der Waals surface area contributed by atoms with Crippen molar-refractivity contribution < 1.29 is 4.79 Å². The molecule has 2 amide bonds. The first-order valence-electron chi connectivity index (χ1n) is 3.53. The molecule has 11 heavy (non-hydrogen) atoms. The Hall–Kier alpha value is -1.17. The zero-order chi connectivity index (χ0) is 8.69. The molecule has 0 aromatic rings. The van der Waals surface area contributed by atoms with E-state index in [0.29, 0.717) is 6.54 Å². The summed E-state index contributed by atoms with van der Waals surface area (Å²) < 4.78 is 0. The topological polar surface area (TPSA) is 32.3 Å². The third kappa shape index (κ3) is 5.28. The van der Waals surface area contributed by atoms with Crippen LogP contribution in [0.4, 0.5) is 4.79 Å². The van der Waals surface area contributed by atoms with Gasteiger partial charge in [0, 0.05) is 27.1 Å². The number of carbonyl (C=O) groups is 1. The molecule has 0 fully saturated rings. The minimum atomic E-state index is -0.0668. The largest absolute Gasteiger partial charge is 0.337 e. The van der Waals surface area contributed by atoms with E-state index >= 15 is 0 Å². The van der Waals surface area contributed by atoms with Crippen molar-refractivity contribution >= 4 is 6.03 Å². The Morgan fingerprint density at radius 3 is 2.64 bits per heavy atom. The monoisotopic (exact) mass is 154 g/mol. The summed E-state index contributed by atoms with van der Waals surface area (Å²) >= 11 is 0. The second-order valence-corrected chi connectivity index (χ2v) is 2.30. The van der Waals surface area contributed by atoms with Crippen molar-refractivity contribution in [2.24, 2.45) is 0 Å². The van der Waals surface area contributed by atoms with Crippen molar-refractivity contribution in [3.8, 4) is 11.8 Å². The molecule has 0 heterocycles. The standard InChI is InChI=1S/C8H14N2O/c1-4-5-6-7-9-8(11)10(2)3/h6-7H2,1-3H3,(H,9,11). The van der Waals surface area contributed by atoms with E-state index in [2.05, 4.69) is 17.2 Å². The minimum Gasteiger partial charge on any atom is -0.337 e. The van der Waals surface area contributed by atoms with Gasteiger partial charge in [0.05, 0.1) is 0 Å². The van der Waals surface area contributed by atoms with Crippen LogP contribution in [0.3, 0.4) is 0 Å². The molecule has 0 radical (unpaired) electrons. The van der Waals surface area contributed by atoms with E-state index in [1.54, 1.807) is 21.0 Å². The lowest BCUT2D eigenvalue weighted by molar-refractivity contribution is 0.217. The van der Waals surface area contributed by atoms with Gasteiger partial charge in [-0.05, 0) is 6.92 Å². The zero-order valence-corrected chi connectivity index (χ0v) is 7.27. The van der Waals surface area contributed by atoms with E-state index in [-0.39, 0.29) is 6.03 Å².